The summed E-state index contributed by atoms with van der Waals surface area (Å²) in [7, 11) is 0. The van der Waals surface area contributed by atoms with E-state index in [2.05, 4.69) is 10.6 Å². The summed E-state index contributed by atoms with van der Waals surface area (Å²) >= 11 is 0. The minimum atomic E-state index is -0.401. The molecule has 0 aromatic heterocycles. The van der Waals surface area contributed by atoms with Crippen molar-refractivity contribution in [1.82, 2.24) is 20.4 Å². The number of amides is 4. The van der Waals surface area contributed by atoms with E-state index in [0.29, 0.717) is 26.2 Å². The van der Waals surface area contributed by atoms with E-state index in [4.69, 9.17) is 0 Å². The smallest absolute Gasteiger partial charge is 0.321 e. The van der Waals surface area contributed by atoms with Gasteiger partial charge in [0.05, 0.1) is 6.04 Å². The maximum absolute atomic E-state index is 12.1. The number of imide groups is 1. The quantitative estimate of drug-likeness (QED) is 0.761. The molecular weight excluding hydrogens is 284 g/mol. The summed E-state index contributed by atoms with van der Waals surface area (Å²) in [6.07, 6.45) is 4.03. The number of carbonyl (C=O) groups is 3. The van der Waals surface area contributed by atoms with Crippen LogP contribution in [-0.2, 0) is 9.59 Å². The summed E-state index contributed by atoms with van der Waals surface area (Å²) in [6, 6.07) is -0.523. The standard InChI is InChI=1S/C15H24N4O3/c1-10(13(20)17-15(22)16-12-4-5-12)18-6-8-19(9-7-18)14(21)11-2-3-11/h10-12H,2-9H2,1H3,(H2,16,17,20,22). The first kappa shape index (κ1) is 15.3. The van der Waals surface area contributed by atoms with Crippen molar-refractivity contribution in [2.75, 3.05) is 26.2 Å². The number of nitrogens with one attached hydrogen (secondary N) is 2. The molecule has 2 aliphatic carbocycles. The molecular formula is C15H24N4O3. The lowest BCUT2D eigenvalue weighted by atomic mass is 10.2. The van der Waals surface area contributed by atoms with Crippen molar-refractivity contribution >= 4 is 17.8 Å². The Kier molecular flexibility index (Phi) is 4.33. The Hall–Kier alpha value is -1.63. The van der Waals surface area contributed by atoms with Crippen LogP contribution >= 0.6 is 0 Å². The second-order valence-corrected chi connectivity index (χ2v) is 6.55. The molecule has 7 nitrogen and oxygen atoms in total. The fourth-order valence-corrected chi connectivity index (χ4v) is 2.75. The van der Waals surface area contributed by atoms with Crippen LogP contribution in [0.2, 0.25) is 0 Å². The zero-order valence-corrected chi connectivity index (χ0v) is 13.0. The Morgan fingerprint density at radius 2 is 1.64 bits per heavy atom. The average Bonchev–Trinajstić information content (AvgIpc) is 3.38. The number of hydrogen-bond donors (Lipinski definition) is 2. The highest BCUT2D eigenvalue weighted by atomic mass is 16.2. The molecule has 122 valence electrons. The second-order valence-electron chi connectivity index (χ2n) is 6.55. The fourth-order valence-electron chi connectivity index (χ4n) is 2.75. The van der Waals surface area contributed by atoms with Crippen molar-refractivity contribution in [2.24, 2.45) is 5.92 Å². The predicted molar refractivity (Wildman–Crippen MR) is 80.0 cm³/mol. The molecule has 22 heavy (non-hydrogen) atoms. The largest absolute Gasteiger partial charge is 0.340 e. The predicted octanol–water partition coefficient (Wildman–Crippen LogP) is -0.0827. The van der Waals surface area contributed by atoms with Crippen LogP contribution in [0.3, 0.4) is 0 Å². The van der Waals surface area contributed by atoms with Crippen LogP contribution in [0.25, 0.3) is 0 Å². The van der Waals surface area contributed by atoms with Gasteiger partial charge >= 0.3 is 6.03 Å². The summed E-state index contributed by atoms with van der Waals surface area (Å²) in [5, 5.41) is 5.14. The van der Waals surface area contributed by atoms with Crippen LogP contribution in [0.4, 0.5) is 4.79 Å². The Balaban J connectivity index is 1.42. The van der Waals surface area contributed by atoms with Crippen LogP contribution in [-0.4, -0.2) is 65.9 Å². The summed E-state index contributed by atoms with van der Waals surface area (Å²) < 4.78 is 0. The van der Waals surface area contributed by atoms with Gasteiger partial charge in [-0.2, -0.15) is 0 Å². The molecule has 3 fully saturated rings. The van der Waals surface area contributed by atoms with Gasteiger partial charge in [0.25, 0.3) is 0 Å². The molecule has 0 spiro atoms. The molecule has 0 bridgehead atoms. The third-order valence-electron chi connectivity index (χ3n) is 4.63. The first-order valence-corrected chi connectivity index (χ1v) is 8.19. The number of piperazine rings is 1. The van der Waals surface area contributed by atoms with Gasteiger partial charge in [0, 0.05) is 38.1 Å². The molecule has 0 aromatic rings. The highest BCUT2D eigenvalue weighted by Crippen LogP contribution is 2.31. The average molecular weight is 308 g/mol. The maximum Gasteiger partial charge on any atom is 0.321 e. The maximum atomic E-state index is 12.1. The van der Waals surface area contributed by atoms with Crippen LogP contribution in [0.5, 0.6) is 0 Å². The number of rotatable bonds is 4. The number of carbonyl (C=O) groups excluding carboxylic acids is 3. The Bertz CT molecular complexity index is 465. The van der Waals surface area contributed by atoms with Gasteiger partial charge in [0.1, 0.15) is 0 Å². The van der Waals surface area contributed by atoms with Gasteiger partial charge in [-0.3, -0.25) is 19.8 Å². The van der Waals surface area contributed by atoms with E-state index in [1.807, 2.05) is 9.80 Å². The molecule has 1 unspecified atom stereocenters. The normalized spacial score (nSPS) is 23.8. The van der Waals surface area contributed by atoms with Crippen LogP contribution in [0.1, 0.15) is 32.6 Å². The van der Waals surface area contributed by atoms with Gasteiger partial charge in [-0.15, -0.1) is 0 Å². The number of urea groups is 1. The van der Waals surface area contributed by atoms with Crippen molar-refractivity contribution in [1.29, 1.82) is 0 Å². The third kappa shape index (κ3) is 3.76. The van der Waals surface area contributed by atoms with Crippen molar-refractivity contribution in [3.8, 4) is 0 Å². The van der Waals surface area contributed by atoms with Crippen molar-refractivity contribution < 1.29 is 14.4 Å². The van der Waals surface area contributed by atoms with E-state index in [0.717, 1.165) is 25.7 Å². The molecule has 3 rings (SSSR count). The van der Waals surface area contributed by atoms with Crippen molar-refractivity contribution in [3.05, 3.63) is 0 Å². The number of hydrogen-bond acceptors (Lipinski definition) is 4. The zero-order chi connectivity index (χ0) is 15.7. The molecule has 1 aliphatic heterocycles. The lowest BCUT2D eigenvalue weighted by Gasteiger charge is -2.37. The van der Waals surface area contributed by atoms with Crippen LogP contribution in [0.15, 0.2) is 0 Å². The molecule has 0 aromatic carbocycles. The monoisotopic (exact) mass is 308 g/mol. The van der Waals surface area contributed by atoms with Crippen molar-refractivity contribution in [2.45, 2.75) is 44.7 Å². The SMILES string of the molecule is CC(C(=O)NC(=O)NC1CC1)N1CCN(C(=O)C2CC2)CC1. The number of nitrogens with zero attached hydrogens (tertiary/aromatic N) is 2. The van der Waals surface area contributed by atoms with Crippen molar-refractivity contribution in [3.63, 3.8) is 0 Å². The minimum Gasteiger partial charge on any atom is -0.340 e. The molecule has 3 aliphatic rings. The van der Waals surface area contributed by atoms with Gasteiger partial charge in [0.15, 0.2) is 0 Å². The third-order valence-corrected chi connectivity index (χ3v) is 4.63. The summed E-state index contributed by atoms with van der Waals surface area (Å²) in [5.41, 5.74) is 0. The Labute approximate surface area is 130 Å². The summed E-state index contributed by atoms with van der Waals surface area (Å²) in [5.74, 6) is 0.235. The molecule has 1 heterocycles. The second kappa shape index (κ2) is 6.24. The summed E-state index contributed by atoms with van der Waals surface area (Å²) in [4.78, 5) is 39.6. The lowest BCUT2D eigenvalue weighted by Crippen LogP contribution is -2.56. The Morgan fingerprint density at radius 3 is 2.18 bits per heavy atom. The molecule has 7 heteroatoms. The fraction of sp³-hybridized carbons (Fsp3) is 0.800. The van der Waals surface area contributed by atoms with Gasteiger partial charge in [-0.1, -0.05) is 0 Å². The van der Waals surface area contributed by atoms with E-state index in [-0.39, 0.29) is 29.8 Å². The lowest BCUT2D eigenvalue weighted by molar-refractivity contribution is -0.135. The van der Waals surface area contributed by atoms with E-state index < -0.39 is 6.03 Å². The van der Waals surface area contributed by atoms with E-state index in [1.165, 1.54) is 0 Å². The Morgan fingerprint density at radius 1 is 1.00 bits per heavy atom. The van der Waals surface area contributed by atoms with Gasteiger partial charge in [-0.25, -0.2) is 4.79 Å². The first-order chi connectivity index (χ1) is 10.5. The molecule has 0 radical (unpaired) electrons. The first-order valence-electron chi connectivity index (χ1n) is 8.19. The van der Waals surface area contributed by atoms with Gasteiger partial charge in [-0.05, 0) is 32.6 Å². The van der Waals surface area contributed by atoms with Crippen LogP contribution < -0.4 is 10.6 Å². The van der Waals surface area contributed by atoms with E-state index in [9.17, 15) is 14.4 Å². The molecule has 2 N–H and O–H groups in total. The van der Waals surface area contributed by atoms with Gasteiger partial charge in [0.2, 0.25) is 11.8 Å². The highest BCUT2D eigenvalue weighted by Gasteiger charge is 2.36. The minimum absolute atomic E-state index is 0.236. The summed E-state index contributed by atoms with van der Waals surface area (Å²) in [6.45, 7) is 4.50. The molecule has 1 saturated heterocycles. The molecule has 1 atom stereocenters. The van der Waals surface area contributed by atoms with E-state index >= 15 is 0 Å². The topological polar surface area (TPSA) is 81.8 Å². The van der Waals surface area contributed by atoms with Crippen LogP contribution in [0, 0.1) is 5.92 Å². The van der Waals surface area contributed by atoms with Gasteiger partial charge < -0.3 is 10.2 Å². The molecule has 4 amide bonds. The van der Waals surface area contributed by atoms with E-state index in [1.54, 1.807) is 6.92 Å². The highest BCUT2D eigenvalue weighted by molar-refractivity contribution is 5.97. The molecule has 2 saturated carbocycles. The zero-order valence-electron chi connectivity index (χ0n) is 13.0.